The number of hydrogen-bond donors (Lipinski definition) is 0. The molecule has 0 spiro atoms. The first-order chi connectivity index (χ1) is 13.8. The summed E-state index contributed by atoms with van der Waals surface area (Å²) in [5.41, 5.74) is 1.25. The van der Waals surface area contributed by atoms with Gasteiger partial charge in [0, 0.05) is 45.8 Å². The maximum atomic E-state index is 5.56. The van der Waals surface area contributed by atoms with E-state index in [1.807, 2.05) is 0 Å². The Morgan fingerprint density at radius 2 is 1.50 bits per heavy atom. The first-order valence-electron chi connectivity index (χ1n) is 11.6. The second-order valence-corrected chi connectivity index (χ2v) is 9.23. The molecule has 28 heavy (non-hydrogen) atoms. The smallest absolute Gasteiger partial charge is 0.142 e. The minimum Gasteiger partial charge on any atom is -0.495 e. The molecule has 4 nitrogen and oxygen atoms in total. The molecule has 0 bridgehead atoms. The number of methoxy groups -OCH3 is 1. The van der Waals surface area contributed by atoms with E-state index in [-0.39, 0.29) is 0 Å². The maximum Gasteiger partial charge on any atom is 0.142 e. The lowest BCUT2D eigenvalue weighted by atomic mass is 9.88. The highest BCUT2D eigenvalue weighted by Crippen LogP contribution is 2.29. The van der Waals surface area contributed by atoms with Crippen molar-refractivity contribution >= 4 is 5.69 Å². The SMILES string of the molecule is COc1ccccc1N1CCN(CC2CCCN(CC3CCCCC3)C2)CC1. The number of hydrogen-bond acceptors (Lipinski definition) is 4. The molecule has 2 saturated heterocycles. The third-order valence-electron chi connectivity index (χ3n) is 7.16. The highest BCUT2D eigenvalue weighted by Gasteiger charge is 2.26. The standard InChI is InChI=1S/C24H39N3O/c1-28-24-12-6-5-11-23(24)27-16-14-25(15-17-27)19-22-10-7-13-26(20-22)18-21-8-3-2-4-9-21/h5-6,11-12,21-22H,2-4,7-10,13-20H2,1H3. The van der Waals surface area contributed by atoms with Gasteiger partial charge in [-0.15, -0.1) is 0 Å². The van der Waals surface area contributed by atoms with Gasteiger partial charge in [-0.25, -0.2) is 0 Å². The van der Waals surface area contributed by atoms with Gasteiger partial charge < -0.3 is 14.5 Å². The first-order valence-corrected chi connectivity index (χ1v) is 11.6. The Balaban J connectivity index is 1.23. The molecule has 0 N–H and O–H groups in total. The van der Waals surface area contributed by atoms with Crippen LogP contribution in [-0.2, 0) is 0 Å². The molecule has 2 aliphatic heterocycles. The van der Waals surface area contributed by atoms with Crippen LogP contribution in [0.2, 0.25) is 0 Å². The van der Waals surface area contributed by atoms with Crippen molar-refractivity contribution < 1.29 is 4.74 Å². The Morgan fingerprint density at radius 3 is 2.29 bits per heavy atom. The van der Waals surface area contributed by atoms with Gasteiger partial charge in [-0.3, -0.25) is 4.90 Å². The number of piperidine rings is 1. The van der Waals surface area contributed by atoms with Crippen LogP contribution in [0.15, 0.2) is 24.3 Å². The second kappa shape index (κ2) is 9.98. The Hall–Kier alpha value is -1.26. The average molecular weight is 386 g/mol. The van der Waals surface area contributed by atoms with Crippen LogP contribution in [0.5, 0.6) is 5.75 Å². The summed E-state index contributed by atoms with van der Waals surface area (Å²) < 4.78 is 5.56. The van der Waals surface area contributed by atoms with Gasteiger partial charge in [0.2, 0.25) is 0 Å². The normalized spacial score (nSPS) is 25.8. The molecule has 1 aromatic rings. The molecule has 1 unspecified atom stereocenters. The molecule has 0 radical (unpaired) electrons. The zero-order valence-corrected chi connectivity index (χ0v) is 17.8. The number of anilines is 1. The van der Waals surface area contributed by atoms with Crippen molar-refractivity contribution in [1.29, 1.82) is 0 Å². The van der Waals surface area contributed by atoms with Crippen LogP contribution in [0.4, 0.5) is 5.69 Å². The van der Waals surface area contributed by atoms with E-state index in [2.05, 4.69) is 39.0 Å². The van der Waals surface area contributed by atoms with Crippen molar-refractivity contribution in [3.05, 3.63) is 24.3 Å². The summed E-state index contributed by atoms with van der Waals surface area (Å²) in [4.78, 5) is 8.00. The lowest BCUT2D eigenvalue weighted by Crippen LogP contribution is -2.50. The van der Waals surface area contributed by atoms with Crippen LogP contribution >= 0.6 is 0 Å². The van der Waals surface area contributed by atoms with Crippen LogP contribution in [-0.4, -0.2) is 69.3 Å². The minimum atomic E-state index is 0.871. The molecule has 156 valence electrons. The van der Waals surface area contributed by atoms with Gasteiger partial charge in [-0.2, -0.15) is 0 Å². The molecule has 3 fully saturated rings. The van der Waals surface area contributed by atoms with E-state index in [9.17, 15) is 0 Å². The van der Waals surface area contributed by atoms with E-state index < -0.39 is 0 Å². The number of likely N-dealkylation sites (tertiary alicyclic amines) is 1. The van der Waals surface area contributed by atoms with Gasteiger partial charge in [-0.1, -0.05) is 31.4 Å². The Kier molecular flexibility index (Phi) is 7.14. The lowest BCUT2D eigenvalue weighted by Gasteiger charge is -2.41. The van der Waals surface area contributed by atoms with Crippen LogP contribution in [0.25, 0.3) is 0 Å². The topological polar surface area (TPSA) is 19.0 Å². The molecular weight excluding hydrogens is 346 g/mol. The largest absolute Gasteiger partial charge is 0.495 e. The molecule has 1 atom stereocenters. The van der Waals surface area contributed by atoms with Crippen LogP contribution in [0.3, 0.4) is 0 Å². The summed E-state index contributed by atoms with van der Waals surface area (Å²) in [6.07, 6.45) is 10.2. The van der Waals surface area contributed by atoms with Crippen molar-refractivity contribution in [2.24, 2.45) is 11.8 Å². The molecule has 2 heterocycles. The predicted octanol–water partition coefficient (Wildman–Crippen LogP) is 4.11. The fourth-order valence-electron chi connectivity index (χ4n) is 5.63. The monoisotopic (exact) mass is 385 g/mol. The Labute approximate surface area is 171 Å². The van der Waals surface area contributed by atoms with E-state index in [1.54, 1.807) is 7.11 Å². The Morgan fingerprint density at radius 1 is 0.786 bits per heavy atom. The van der Waals surface area contributed by atoms with E-state index in [1.165, 1.54) is 89.9 Å². The van der Waals surface area contributed by atoms with Crippen molar-refractivity contribution in [2.45, 2.75) is 44.9 Å². The number of nitrogens with zero attached hydrogens (tertiary/aromatic N) is 3. The fraction of sp³-hybridized carbons (Fsp3) is 0.750. The molecule has 0 aromatic heterocycles. The van der Waals surface area contributed by atoms with Crippen molar-refractivity contribution in [2.75, 3.05) is 64.4 Å². The molecule has 3 aliphatic rings. The van der Waals surface area contributed by atoms with E-state index in [4.69, 9.17) is 4.74 Å². The van der Waals surface area contributed by atoms with Crippen molar-refractivity contribution in [3.63, 3.8) is 0 Å². The van der Waals surface area contributed by atoms with Gasteiger partial charge in [0.15, 0.2) is 0 Å². The van der Waals surface area contributed by atoms with E-state index in [0.29, 0.717) is 0 Å². The molecule has 1 saturated carbocycles. The molecule has 1 aromatic carbocycles. The van der Waals surface area contributed by atoms with Crippen molar-refractivity contribution in [3.8, 4) is 5.75 Å². The molecule has 0 amide bonds. The number of rotatable bonds is 6. The van der Waals surface area contributed by atoms with Crippen LogP contribution in [0, 0.1) is 11.8 Å². The molecule has 4 heteroatoms. The third-order valence-corrected chi connectivity index (χ3v) is 7.16. The first kappa shape index (κ1) is 20.0. The summed E-state index contributed by atoms with van der Waals surface area (Å²) in [7, 11) is 1.78. The summed E-state index contributed by atoms with van der Waals surface area (Å²) in [5.74, 6) is 2.86. The van der Waals surface area contributed by atoms with Crippen molar-refractivity contribution in [1.82, 2.24) is 9.80 Å². The average Bonchev–Trinajstić information content (AvgIpc) is 2.75. The van der Waals surface area contributed by atoms with Crippen LogP contribution in [0.1, 0.15) is 44.9 Å². The van der Waals surface area contributed by atoms with Crippen LogP contribution < -0.4 is 9.64 Å². The second-order valence-electron chi connectivity index (χ2n) is 9.23. The van der Waals surface area contributed by atoms with Gasteiger partial charge in [0.1, 0.15) is 5.75 Å². The van der Waals surface area contributed by atoms with Gasteiger partial charge in [0.25, 0.3) is 0 Å². The number of piperazine rings is 1. The maximum absolute atomic E-state index is 5.56. The molecule has 4 rings (SSSR count). The van der Waals surface area contributed by atoms with E-state index in [0.717, 1.165) is 30.7 Å². The van der Waals surface area contributed by atoms with Gasteiger partial charge in [0.05, 0.1) is 12.8 Å². The fourth-order valence-corrected chi connectivity index (χ4v) is 5.63. The van der Waals surface area contributed by atoms with Gasteiger partial charge >= 0.3 is 0 Å². The lowest BCUT2D eigenvalue weighted by molar-refractivity contribution is 0.109. The summed E-state index contributed by atoms with van der Waals surface area (Å²) in [6.45, 7) is 9.92. The quantitative estimate of drug-likeness (QED) is 0.733. The number of ether oxygens (including phenoxy) is 1. The minimum absolute atomic E-state index is 0.871. The number of para-hydroxylation sites is 2. The third kappa shape index (κ3) is 5.21. The predicted molar refractivity (Wildman–Crippen MR) is 117 cm³/mol. The van der Waals surface area contributed by atoms with E-state index >= 15 is 0 Å². The highest BCUT2D eigenvalue weighted by molar-refractivity contribution is 5.58. The number of benzene rings is 1. The highest BCUT2D eigenvalue weighted by atomic mass is 16.5. The summed E-state index contributed by atoms with van der Waals surface area (Å²) in [6, 6.07) is 8.44. The molecule has 1 aliphatic carbocycles. The summed E-state index contributed by atoms with van der Waals surface area (Å²) >= 11 is 0. The summed E-state index contributed by atoms with van der Waals surface area (Å²) in [5, 5.41) is 0. The van der Waals surface area contributed by atoms with Gasteiger partial charge in [-0.05, 0) is 56.2 Å². The molecular formula is C24H39N3O. The zero-order valence-electron chi connectivity index (χ0n) is 17.8. The Bertz CT molecular complexity index is 593. The zero-order chi connectivity index (χ0) is 19.2.